The molecule has 0 fully saturated rings. The molecule has 0 rings (SSSR count). The van der Waals surface area contributed by atoms with E-state index in [1.165, 1.54) is 6.08 Å². The third-order valence-corrected chi connectivity index (χ3v) is 1.17. The van der Waals surface area contributed by atoms with Gasteiger partial charge in [0.05, 0.1) is 11.8 Å². The SMILES string of the molecule is CN=C(C=C(N)[N+](=O)[O-])CNC. The molecule has 0 bridgehead atoms. The van der Waals surface area contributed by atoms with E-state index in [4.69, 9.17) is 5.73 Å². The van der Waals surface area contributed by atoms with Gasteiger partial charge in [-0.1, -0.05) is 0 Å². The molecule has 0 radical (unpaired) electrons. The zero-order valence-electron chi connectivity index (χ0n) is 7.07. The molecule has 0 spiro atoms. The summed E-state index contributed by atoms with van der Waals surface area (Å²) in [7, 11) is 3.28. The minimum absolute atomic E-state index is 0.397. The van der Waals surface area contributed by atoms with E-state index in [1.807, 2.05) is 0 Å². The lowest BCUT2D eigenvalue weighted by molar-refractivity contribution is -0.426. The van der Waals surface area contributed by atoms with Crippen LogP contribution in [0.3, 0.4) is 0 Å². The van der Waals surface area contributed by atoms with Crippen molar-refractivity contribution in [3.05, 3.63) is 22.0 Å². The second-order valence-corrected chi connectivity index (χ2v) is 2.07. The van der Waals surface area contributed by atoms with Crippen LogP contribution in [0.1, 0.15) is 0 Å². The summed E-state index contributed by atoms with van der Waals surface area (Å²) in [5.41, 5.74) is 5.62. The molecule has 0 amide bonds. The molecule has 0 aromatic heterocycles. The summed E-state index contributed by atoms with van der Waals surface area (Å²) in [6, 6.07) is 0. The van der Waals surface area contributed by atoms with Gasteiger partial charge in [0.2, 0.25) is 0 Å². The smallest absolute Gasteiger partial charge is 0.315 e. The van der Waals surface area contributed by atoms with Gasteiger partial charge in [-0.05, 0) is 12.0 Å². The lowest BCUT2D eigenvalue weighted by Crippen LogP contribution is -2.20. The van der Waals surface area contributed by atoms with E-state index in [1.54, 1.807) is 14.1 Å². The van der Waals surface area contributed by atoms with Crippen molar-refractivity contribution < 1.29 is 4.92 Å². The van der Waals surface area contributed by atoms with E-state index in [9.17, 15) is 10.1 Å². The van der Waals surface area contributed by atoms with Crippen molar-refractivity contribution in [1.29, 1.82) is 0 Å². The van der Waals surface area contributed by atoms with Crippen molar-refractivity contribution >= 4 is 5.71 Å². The van der Waals surface area contributed by atoms with Crippen LogP contribution in [0.5, 0.6) is 0 Å². The highest BCUT2D eigenvalue weighted by atomic mass is 16.6. The van der Waals surface area contributed by atoms with Gasteiger partial charge in [0.25, 0.3) is 0 Å². The van der Waals surface area contributed by atoms with Crippen LogP contribution in [0, 0.1) is 10.1 Å². The first-order valence-corrected chi connectivity index (χ1v) is 3.33. The lowest BCUT2D eigenvalue weighted by atomic mass is 10.3. The molecule has 6 nitrogen and oxygen atoms in total. The standard InChI is InChI=1S/C6H12N4O2/c1-8-4-5(9-2)3-6(7)10(11)12/h3,8H,4,7H2,1-2H3. The van der Waals surface area contributed by atoms with Crippen LogP contribution in [0.4, 0.5) is 0 Å². The zero-order chi connectivity index (χ0) is 9.56. The van der Waals surface area contributed by atoms with Gasteiger partial charge in [0.15, 0.2) is 0 Å². The summed E-state index contributed by atoms with van der Waals surface area (Å²) in [5.74, 6) is -0.397. The highest BCUT2D eigenvalue weighted by molar-refractivity contribution is 5.96. The molecule has 0 atom stereocenters. The Morgan fingerprint density at radius 2 is 2.42 bits per heavy atom. The van der Waals surface area contributed by atoms with Crippen molar-refractivity contribution in [1.82, 2.24) is 5.32 Å². The Hall–Kier alpha value is -1.43. The number of nitro groups is 1. The summed E-state index contributed by atoms with van der Waals surface area (Å²) in [4.78, 5) is 13.2. The van der Waals surface area contributed by atoms with Gasteiger partial charge < -0.3 is 15.4 Å². The maximum Gasteiger partial charge on any atom is 0.315 e. The first-order valence-electron chi connectivity index (χ1n) is 3.33. The van der Waals surface area contributed by atoms with E-state index in [0.717, 1.165) is 0 Å². The monoisotopic (exact) mass is 172 g/mol. The average molecular weight is 172 g/mol. The molecular formula is C6H12N4O2. The molecule has 0 unspecified atom stereocenters. The first kappa shape index (κ1) is 10.6. The molecule has 12 heavy (non-hydrogen) atoms. The minimum Gasteiger partial charge on any atom is -0.358 e. The fraction of sp³-hybridized carbons (Fsp3) is 0.500. The molecule has 0 saturated heterocycles. The second-order valence-electron chi connectivity index (χ2n) is 2.07. The molecule has 0 aromatic rings. The van der Waals surface area contributed by atoms with Crippen LogP contribution in [0.2, 0.25) is 0 Å². The molecular weight excluding hydrogens is 160 g/mol. The zero-order valence-corrected chi connectivity index (χ0v) is 7.07. The Labute approximate surface area is 70.3 Å². The van der Waals surface area contributed by atoms with Gasteiger partial charge in [-0.2, -0.15) is 0 Å². The number of nitrogens with two attached hydrogens (primary N) is 1. The van der Waals surface area contributed by atoms with Crippen molar-refractivity contribution in [2.45, 2.75) is 0 Å². The van der Waals surface area contributed by atoms with Crippen LogP contribution < -0.4 is 11.1 Å². The Kier molecular flexibility index (Phi) is 4.62. The highest BCUT2D eigenvalue weighted by Crippen LogP contribution is 1.87. The van der Waals surface area contributed by atoms with Crippen LogP contribution in [0.15, 0.2) is 16.9 Å². The Bertz CT molecular complexity index is 222. The molecule has 0 aliphatic rings. The number of hydrogen-bond acceptors (Lipinski definition) is 5. The summed E-state index contributed by atoms with van der Waals surface area (Å²) >= 11 is 0. The van der Waals surface area contributed by atoms with Gasteiger partial charge in [-0.3, -0.25) is 10.7 Å². The predicted octanol–water partition coefficient (Wildman–Crippen LogP) is -0.647. The van der Waals surface area contributed by atoms with Crippen LogP contribution in [0.25, 0.3) is 0 Å². The number of nitrogens with one attached hydrogen (secondary N) is 1. The normalized spacial score (nSPS) is 13.2. The molecule has 68 valence electrons. The molecule has 0 aliphatic heterocycles. The van der Waals surface area contributed by atoms with E-state index >= 15 is 0 Å². The van der Waals surface area contributed by atoms with Gasteiger partial charge in [-0.15, -0.1) is 0 Å². The first-order chi connectivity index (χ1) is 5.61. The molecule has 6 heteroatoms. The molecule has 0 heterocycles. The topological polar surface area (TPSA) is 93.5 Å². The van der Waals surface area contributed by atoms with E-state index in [-0.39, 0.29) is 0 Å². The van der Waals surface area contributed by atoms with Crippen LogP contribution in [-0.2, 0) is 0 Å². The quantitative estimate of drug-likeness (QED) is 0.335. The second kappa shape index (κ2) is 5.25. The Balaban J connectivity index is 4.37. The molecule has 3 N–H and O–H groups in total. The van der Waals surface area contributed by atoms with Gasteiger partial charge >= 0.3 is 5.82 Å². The van der Waals surface area contributed by atoms with Gasteiger partial charge in [0, 0.05) is 13.6 Å². The summed E-state index contributed by atoms with van der Waals surface area (Å²) in [5, 5.41) is 12.9. The fourth-order valence-electron chi connectivity index (χ4n) is 0.599. The summed E-state index contributed by atoms with van der Waals surface area (Å²) < 4.78 is 0. The van der Waals surface area contributed by atoms with Crippen molar-refractivity contribution in [2.75, 3.05) is 20.6 Å². The Morgan fingerprint density at radius 3 is 2.75 bits per heavy atom. The molecule has 0 aromatic carbocycles. The average Bonchev–Trinajstić information content (AvgIpc) is 2.03. The fourth-order valence-corrected chi connectivity index (χ4v) is 0.599. The van der Waals surface area contributed by atoms with Gasteiger partial charge in [0.1, 0.15) is 0 Å². The van der Waals surface area contributed by atoms with Gasteiger partial charge in [-0.25, -0.2) is 0 Å². The maximum absolute atomic E-state index is 10.1. The van der Waals surface area contributed by atoms with Crippen LogP contribution >= 0.6 is 0 Å². The predicted molar refractivity (Wildman–Crippen MR) is 46.6 cm³/mol. The number of aliphatic imine (C=N–C) groups is 1. The minimum atomic E-state index is -0.652. The highest BCUT2D eigenvalue weighted by Gasteiger charge is 2.01. The Morgan fingerprint density at radius 1 is 1.83 bits per heavy atom. The van der Waals surface area contributed by atoms with E-state index in [2.05, 4.69) is 10.3 Å². The van der Waals surface area contributed by atoms with E-state index in [0.29, 0.717) is 12.3 Å². The van der Waals surface area contributed by atoms with Crippen molar-refractivity contribution in [2.24, 2.45) is 10.7 Å². The van der Waals surface area contributed by atoms with E-state index < -0.39 is 10.7 Å². The number of hydrogen-bond donors (Lipinski definition) is 2. The van der Waals surface area contributed by atoms with Crippen LogP contribution in [-0.4, -0.2) is 31.3 Å². The lowest BCUT2D eigenvalue weighted by Gasteiger charge is -1.98. The third-order valence-electron chi connectivity index (χ3n) is 1.17. The maximum atomic E-state index is 10.1. The largest absolute Gasteiger partial charge is 0.358 e. The van der Waals surface area contributed by atoms with Crippen molar-refractivity contribution in [3.8, 4) is 0 Å². The van der Waals surface area contributed by atoms with Crippen molar-refractivity contribution in [3.63, 3.8) is 0 Å². The molecule has 0 aliphatic carbocycles. The molecule has 0 saturated carbocycles. The summed E-state index contributed by atoms with van der Waals surface area (Å²) in [6.07, 6.45) is 1.23. The third kappa shape index (κ3) is 3.67. The summed E-state index contributed by atoms with van der Waals surface area (Å²) in [6.45, 7) is 0.463. The number of rotatable bonds is 4. The number of nitrogens with zero attached hydrogens (tertiary/aromatic N) is 2.